The number of hydrogen-bond acceptors (Lipinski definition) is 2. The lowest BCUT2D eigenvalue weighted by Crippen LogP contribution is -2.15. The first-order valence-electron chi connectivity index (χ1n) is 20.8. The average Bonchev–Trinajstić information content (AvgIpc) is 3.88. The van der Waals surface area contributed by atoms with E-state index < -0.39 is 0 Å². The Hall–Kier alpha value is -7.62. The zero-order valence-electron chi connectivity index (χ0n) is 33.3. The Kier molecular flexibility index (Phi) is 6.78. The van der Waals surface area contributed by atoms with Crippen molar-refractivity contribution in [2.24, 2.45) is 0 Å². The molecule has 2 aromatic heterocycles. The molecule has 3 nitrogen and oxygen atoms in total. The van der Waals surface area contributed by atoms with Gasteiger partial charge < -0.3 is 13.9 Å². The maximum absolute atomic E-state index is 6.37. The molecular weight excluding hydrogens is 729 g/mol. The van der Waals surface area contributed by atoms with Crippen molar-refractivity contribution in [2.75, 3.05) is 4.90 Å². The van der Waals surface area contributed by atoms with Gasteiger partial charge in [0.05, 0.1) is 22.4 Å². The number of anilines is 3. The van der Waals surface area contributed by atoms with Gasteiger partial charge >= 0.3 is 0 Å². The number of nitrogens with zero attached hydrogens (tertiary/aromatic N) is 2. The zero-order valence-corrected chi connectivity index (χ0v) is 33.3. The molecule has 1 aliphatic heterocycles. The molecule has 0 saturated carbocycles. The third-order valence-electron chi connectivity index (χ3n) is 13.3. The van der Waals surface area contributed by atoms with E-state index in [1.54, 1.807) is 0 Å². The van der Waals surface area contributed by atoms with Crippen molar-refractivity contribution in [3.05, 3.63) is 205 Å². The van der Waals surface area contributed by atoms with Gasteiger partial charge in [0.1, 0.15) is 11.2 Å². The molecule has 0 fully saturated rings. The first-order valence-corrected chi connectivity index (χ1v) is 20.8. The first-order chi connectivity index (χ1) is 29.5. The third-order valence-corrected chi connectivity index (χ3v) is 13.3. The van der Waals surface area contributed by atoms with Gasteiger partial charge in [-0.15, -0.1) is 0 Å². The Morgan fingerprint density at radius 2 is 1.12 bits per heavy atom. The van der Waals surface area contributed by atoms with Gasteiger partial charge in [0.15, 0.2) is 0 Å². The highest BCUT2D eigenvalue weighted by Crippen LogP contribution is 2.58. The average molecular weight is 767 g/mol. The van der Waals surface area contributed by atoms with Gasteiger partial charge in [0.25, 0.3) is 0 Å². The molecule has 282 valence electrons. The fraction of sp³-hybridized carbons (Fsp3) is 0.0526. The molecular formula is C57H38N2O. The van der Waals surface area contributed by atoms with Gasteiger partial charge in [-0.05, 0) is 99.6 Å². The van der Waals surface area contributed by atoms with Crippen LogP contribution in [-0.4, -0.2) is 4.57 Å². The van der Waals surface area contributed by atoms with E-state index in [4.69, 9.17) is 4.42 Å². The van der Waals surface area contributed by atoms with Crippen LogP contribution in [0, 0.1) is 0 Å². The SMILES string of the molecule is CC1(C)c2cccc3c2-c2c1ccc1c4cc(N(c5ccc6oc7ccccc7c6c5)c5ccc(-c6ccccc6)cc5-c5ccccc5)ccc4n(c21)-c1ccccc1-3. The van der Waals surface area contributed by atoms with Crippen LogP contribution in [0.15, 0.2) is 199 Å². The summed E-state index contributed by atoms with van der Waals surface area (Å²) < 4.78 is 8.91. The van der Waals surface area contributed by atoms with Crippen LogP contribution in [0.1, 0.15) is 25.0 Å². The maximum atomic E-state index is 6.37. The molecule has 3 heteroatoms. The highest BCUT2D eigenvalue weighted by Gasteiger charge is 2.41. The molecule has 3 heterocycles. The maximum Gasteiger partial charge on any atom is 0.135 e. The molecule has 11 aromatic rings. The summed E-state index contributed by atoms with van der Waals surface area (Å²) in [6.07, 6.45) is 0. The number of aromatic nitrogens is 1. The molecule has 2 aliphatic rings. The molecule has 0 bridgehead atoms. The number of fused-ring (bicyclic) bond motifs is 9. The molecule has 13 rings (SSSR count). The molecule has 0 spiro atoms. The van der Waals surface area contributed by atoms with Gasteiger partial charge in [-0.1, -0.05) is 147 Å². The molecule has 60 heavy (non-hydrogen) atoms. The van der Waals surface area contributed by atoms with E-state index in [2.05, 4.69) is 211 Å². The second-order valence-corrected chi connectivity index (χ2v) is 16.9. The van der Waals surface area contributed by atoms with E-state index >= 15 is 0 Å². The van der Waals surface area contributed by atoms with Crippen molar-refractivity contribution in [1.29, 1.82) is 0 Å². The van der Waals surface area contributed by atoms with Crippen molar-refractivity contribution in [2.45, 2.75) is 19.3 Å². The predicted octanol–water partition coefficient (Wildman–Crippen LogP) is 15.8. The Balaban J connectivity index is 1.12. The normalized spacial score (nSPS) is 13.3. The van der Waals surface area contributed by atoms with Gasteiger partial charge in [-0.2, -0.15) is 0 Å². The highest BCUT2D eigenvalue weighted by molar-refractivity contribution is 6.19. The van der Waals surface area contributed by atoms with Gasteiger partial charge in [-0.3, -0.25) is 0 Å². The summed E-state index contributed by atoms with van der Waals surface area (Å²) >= 11 is 0. The minimum absolute atomic E-state index is 0.111. The van der Waals surface area contributed by atoms with E-state index in [1.807, 2.05) is 6.07 Å². The Morgan fingerprint density at radius 3 is 1.97 bits per heavy atom. The van der Waals surface area contributed by atoms with Crippen molar-refractivity contribution in [3.63, 3.8) is 0 Å². The standard InChI is InChI=1S/C57H38N2O/c1-57(2)47-21-13-20-42-40-18-9-11-22-49(40)59-51-30-25-38(33-45(51)43-27-28-48(57)55(54(42)47)56(43)59)58(39-26-31-53-46(34-39)41-19-10-12-23-52(41)60-53)50-29-24-37(35-14-5-3-6-15-35)32-44(50)36-16-7-4-8-17-36/h3-34H,1-2H3. The topological polar surface area (TPSA) is 21.3 Å². The fourth-order valence-electron chi connectivity index (χ4n) is 10.5. The summed E-state index contributed by atoms with van der Waals surface area (Å²) in [6.45, 7) is 4.77. The highest BCUT2D eigenvalue weighted by atomic mass is 16.3. The second kappa shape index (κ2) is 12.2. The fourth-order valence-corrected chi connectivity index (χ4v) is 10.5. The van der Waals surface area contributed by atoms with E-state index in [0.717, 1.165) is 50.1 Å². The summed E-state index contributed by atoms with van der Waals surface area (Å²) in [5.41, 5.74) is 21.4. The van der Waals surface area contributed by atoms with E-state index in [1.165, 1.54) is 72.0 Å². The number of para-hydroxylation sites is 2. The van der Waals surface area contributed by atoms with Crippen LogP contribution in [0.25, 0.3) is 93.9 Å². The van der Waals surface area contributed by atoms with Crippen LogP contribution in [0.4, 0.5) is 17.1 Å². The van der Waals surface area contributed by atoms with E-state index in [0.29, 0.717) is 0 Å². The summed E-state index contributed by atoms with van der Waals surface area (Å²) in [6, 6.07) is 71.1. The minimum Gasteiger partial charge on any atom is -0.456 e. The van der Waals surface area contributed by atoms with Crippen molar-refractivity contribution in [3.8, 4) is 50.2 Å². The lowest BCUT2D eigenvalue weighted by molar-refractivity contribution is 0.661. The monoisotopic (exact) mass is 766 g/mol. The molecule has 9 aromatic carbocycles. The van der Waals surface area contributed by atoms with Crippen molar-refractivity contribution >= 4 is 60.8 Å². The first kappa shape index (κ1) is 33.4. The Bertz CT molecular complexity index is 3570. The van der Waals surface area contributed by atoms with E-state index in [-0.39, 0.29) is 5.41 Å². The van der Waals surface area contributed by atoms with Crippen LogP contribution in [0.2, 0.25) is 0 Å². The zero-order chi connectivity index (χ0) is 39.7. The Labute approximate surface area is 348 Å². The van der Waals surface area contributed by atoms with E-state index in [9.17, 15) is 0 Å². The smallest absolute Gasteiger partial charge is 0.135 e. The van der Waals surface area contributed by atoms with Gasteiger partial charge in [0, 0.05) is 55.0 Å². The lowest BCUT2D eigenvalue weighted by Gasteiger charge is -2.28. The molecule has 0 amide bonds. The Morgan fingerprint density at radius 1 is 0.433 bits per heavy atom. The number of benzene rings is 9. The van der Waals surface area contributed by atoms with Crippen LogP contribution in [-0.2, 0) is 5.41 Å². The minimum atomic E-state index is -0.111. The van der Waals surface area contributed by atoms with Crippen LogP contribution >= 0.6 is 0 Å². The number of furan rings is 1. The quantitative estimate of drug-likeness (QED) is 0.174. The molecule has 0 unspecified atom stereocenters. The van der Waals surface area contributed by atoms with Crippen molar-refractivity contribution in [1.82, 2.24) is 4.57 Å². The van der Waals surface area contributed by atoms with Crippen LogP contribution in [0.3, 0.4) is 0 Å². The molecule has 0 atom stereocenters. The summed E-state index contributed by atoms with van der Waals surface area (Å²) in [4.78, 5) is 2.45. The van der Waals surface area contributed by atoms with Crippen LogP contribution < -0.4 is 4.90 Å². The molecule has 0 radical (unpaired) electrons. The summed E-state index contributed by atoms with van der Waals surface area (Å²) in [5, 5.41) is 4.70. The van der Waals surface area contributed by atoms with Gasteiger partial charge in [0.2, 0.25) is 0 Å². The largest absolute Gasteiger partial charge is 0.456 e. The predicted molar refractivity (Wildman–Crippen MR) is 250 cm³/mol. The summed E-state index contributed by atoms with van der Waals surface area (Å²) in [5.74, 6) is 0. The third kappa shape index (κ3) is 4.55. The molecule has 0 saturated heterocycles. The van der Waals surface area contributed by atoms with Crippen molar-refractivity contribution < 1.29 is 4.42 Å². The number of hydrogen-bond donors (Lipinski definition) is 0. The number of rotatable bonds is 5. The summed E-state index contributed by atoms with van der Waals surface area (Å²) in [7, 11) is 0. The molecule has 0 N–H and O–H groups in total. The second-order valence-electron chi connectivity index (χ2n) is 16.9. The van der Waals surface area contributed by atoms with Crippen LogP contribution in [0.5, 0.6) is 0 Å². The van der Waals surface area contributed by atoms with Gasteiger partial charge in [-0.25, -0.2) is 0 Å². The lowest BCUT2D eigenvalue weighted by atomic mass is 9.81. The molecule has 1 aliphatic carbocycles.